The number of carbonyl (C=O) groups excluding carboxylic acids is 1. The Labute approximate surface area is 138 Å². The van der Waals surface area contributed by atoms with E-state index in [1.165, 1.54) is 17.0 Å². The predicted molar refractivity (Wildman–Crippen MR) is 84.0 cm³/mol. The van der Waals surface area contributed by atoms with Gasteiger partial charge in [0.25, 0.3) is 0 Å². The van der Waals surface area contributed by atoms with E-state index in [0.717, 1.165) is 0 Å². The van der Waals surface area contributed by atoms with E-state index < -0.39 is 11.8 Å². The summed E-state index contributed by atoms with van der Waals surface area (Å²) in [4.78, 5) is 13.9. The van der Waals surface area contributed by atoms with Crippen LogP contribution in [0.2, 0.25) is 5.02 Å². The molecule has 0 fully saturated rings. The summed E-state index contributed by atoms with van der Waals surface area (Å²) in [5.74, 6) is -0.177. The normalized spacial score (nSPS) is 10.6. The highest BCUT2D eigenvalue weighted by Gasteiger charge is 2.17. The maximum Gasteiger partial charge on any atom is 0.324 e. The quantitative estimate of drug-likeness (QED) is 0.873. The van der Waals surface area contributed by atoms with Gasteiger partial charge in [-0.2, -0.15) is 0 Å². The number of nitrogens with one attached hydrogen (secondary N) is 1. The summed E-state index contributed by atoms with van der Waals surface area (Å²) in [7, 11) is 1.54. The van der Waals surface area contributed by atoms with E-state index in [0.29, 0.717) is 24.4 Å². The van der Waals surface area contributed by atoms with Gasteiger partial charge in [-0.15, -0.1) is 0 Å². The second kappa shape index (κ2) is 7.94. The molecule has 0 atom stereocenters. The van der Waals surface area contributed by atoms with Crippen molar-refractivity contribution in [2.75, 3.05) is 25.6 Å². The van der Waals surface area contributed by atoms with E-state index in [1.54, 1.807) is 26.2 Å². The number of urea groups is 1. The Bertz CT molecular complexity index is 678. The molecule has 0 saturated heterocycles. The number of aryl methyl sites for hydroxylation is 1. The molecule has 2 amide bonds. The number of carbonyl (C=O) groups is 1. The summed E-state index contributed by atoms with van der Waals surface area (Å²) in [5, 5.41) is 6.57. The lowest BCUT2D eigenvalue weighted by atomic mass is 10.2. The number of nitrogens with zero attached hydrogens (tertiary/aromatic N) is 2. The van der Waals surface area contributed by atoms with Crippen LogP contribution in [-0.4, -0.2) is 36.3 Å². The maximum atomic E-state index is 13.1. The van der Waals surface area contributed by atoms with Gasteiger partial charge < -0.3 is 14.2 Å². The molecule has 0 aliphatic rings. The third-order valence-corrected chi connectivity index (χ3v) is 3.44. The Morgan fingerprint density at radius 3 is 2.87 bits per heavy atom. The molecule has 2 rings (SSSR count). The first-order chi connectivity index (χ1) is 11.0. The molecular formula is C15H17ClFN3O3. The van der Waals surface area contributed by atoms with Crippen molar-refractivity contribution in [1.82, 2.24) is 10.1 Å². The van der Waals surface area contributed by atoms with Crippen molar-refractivity contribution in [2.24, 2.45) is 0 Å². The van der Waals surface area contributed by atoms with Crippen LogP contribution in [0.1, 0.15) is 11.3 Å². The van der Waals surface area contributed by atoms with Crippen molar-refractivity contribution in [3.8, 4) is 0 Å². The van der Waals surface area contributed by atoms with E-state index in [2.05, 4.69) is 10.5 Å². The summed E-state index contributed by atoms with van der Waals surface area (Å²) >= 11 is 6.02. The van der Waals surface area contributed by atoms with E-state index in [4.69, 9.17) is 20.9 Å². The second-order valence-electron chi connectivity index (χ2n) is 4.91. The molecule has 2 aromatic rings. The zero-order valence-electron chi connectivity index (χ0n) is 12.8. The molecule has 1 heterocycles. The molecule has 124 valence electrons. The van der Waals surface area contributed by atoms with Gasteiger partial charge in [0.1, 0.15) is 5.82 Å². The largest absolute Gasteiger partial charge is 0.383 e. The van der Waals surface area contributed by atoms with Gasteiger partial charge in [0.15, 0.2) is 0 Å². The monoisotopic (exact) mass is 341 g/mol. The Morgan fingerprint density at radius 1 is 1.48 bits per heavy atom. The fourth-order valence-corrected chi connectivity index (χ4v) is 2.14. The van der Waals surface area contributed by atoms with Gasteiger partial charge in [-0.3, -0.25) is 5.32 Å². The zero-order valence-corrected chi connectivity index (χ0v) is 13.6. The summed E-state index contributed by atoms with van der Waals surface area (Å²) in [6.45, 7) is 2.65. The highest BCUT2D eigenvalue weighted by Crippen LogP contribution is 2.19. The van der Waals surface area contributed by atoms with Crippen molar-refractivity contribution in [3.05, 3.63) is 46.4 Å². The van der Waals surface area contributed by atoms with Crippen molar-refractivity contribution in [3.63, 3.8) is 0 Å². The molecule has 8 heteroatoms. The molecule has 0 unspecified atom stereocenters. The number of hydrogen-bond acceptors (Lipinski definition) is 4. The molecule has 1 aromatic heterocycles. The first kappa shape index (κ1) is 17.2. The van der Waals surface area contributed by atoms with E-state index in [1.807, 2.05) is 0 Å². The first-order valence-electron chi connectivity index (χ1n) is 6.91. The van der Waals surface area contributed by atoms with Crippen LogP contribution in [-0.2, 0) is 11.3 Å². The molecule has 0 aliphatic carbocycles. The van der Waals surface area contributed by atoms with Crippen LogP contribution < -0.4 is 5.32 Å². The van der Waals surface area contributed by atoms with Gasteiger partial charge in [0, 0.05) is 31.3 Å². The van der Waals surface area contributed by atoms with Gasteiger partial charge in [0.2, 0.25) is 5.88 Å². The lowest BCUT2D eigenvalue weighted by Crippen LogP contribution is -2.36. The number of benzene rings is 1. The van der Waals surface area contributed by atoms with E-state index in [-0.39, 0.29) is 17.5 Å². The molecule has 1 N–H and O–H groups in total. The third-order valence-electron chi connectivity index (χ3n) is 3.09. The number of hydrogen-bond donors (Lipinski definition) is 1. The molecule has 6 nitrogen and oxygen atoms in total. The Hall–Kier alpha value is -2.12. The molecule has 1 aromatic carbocycles. The SMILES string of the molecule is COCCN(Cc1ccc(F)cc1Cl)C(=O)Nc1cc(C)no1. The molecule has 0 aliphatic heterocycles. The van der Waals surface area contributed by atoms with Crippen molar-refractivity contribution in [1.29, 1.82) is 0 Å². The number of aromatic nitrogens is 1. The molecule has 0 radical (unpaired) electrons. The summed E-state index contributed by atoms with van der Waals surface area (Å²) < 4.78 is 23.1. The van der Waals surface area contributed by atoms with Gasteiger partial charge in [0.05, 0.1) is 12.3 Å². The summed E-state index contributed by atoms with van der Waals surface area (Å²) in [6, 6.07) is 5.27. The lowest BCUT2D eigenvalue weighted by Gasteiger charge is -2.22. The minimum Gasteiger partial charge on any atom is -0.383 e. The summed E-state index contributed by atoms with van der Waals surface area (Å²) in [6.07, 6.45) is 0. The first-order valence-corrected chi connectivity index (χ1v) is 7.29. The summed E-state index contributed by atoms with van der Waals surface area (Å²) in [5.41, 5.74) is 1.29. The van der Waals surface area contributed by atoms with Crippen LogP contribution in [0.4, 0.5) is 15.1 Å². The van der Waals surface area contributed by atoms with E-state index >= 15 is 0 Å². The fraction of sp³-hybridized carbons (Fsp3) is 0.333. The maximum absolute atomic E-state index is 13.1. The minimum atomic E-state index is -0.427. The predicted octanol–water partition coefficient (Wildman–Crippen LogP) is 3.46. The smallest absolute Gasteiger partial charge is 0.324 e. The molecule has 23 heavy (non-hydrogen) atoms. The van der Waals surface area contributed by atoms with Crippen LogP contribution in [0.5, 0.6) is 0 Å². The number of ether oxygens (including phenoxy) is 1. The van der Waals surface area contributed by atoms with Gasteiger partial charge >= 0.3 is 6.03 Å². The van der Waals surface area contributed by atoms with Crippen LogP contribution in [0, 0.1) is 12.7 Å². The van der Waals surface area contributed by atoms with Crippen LogP contribution in [0.25, 0.3) is 0 Å². The van der Waals surface area contributed by atoms with Crippen LogP contribution >= 0.6 is 11.6 Å². The number of methoxy groups -OCH3 is 1. The molecular weight excluding hydrogens is 325 g/mol. The Morgan fingerprint density at radius 2 is 2.26 bits per heavy atom. The van der Waals surface area contributed by atoms with Crippen LogP contribution in [0.15, 0.2) is 28.8 Å². The number of amides is 2. The second-order valence-corrected chi connectivity index (χ2v) is 5.32. The Kier molecular flexibility index (Phi) is 5.95. The van der Waals surface area contributed by atoms with Crippen molar-refractivity contribution >= 4 is 23.5 Å². The van der Waals surface area contributed by atoms with Gasteiger partial charge in [-0.25, -0.2) is 9.18 Å². The number of halogens is 2. The van der Waals surface area contributed by atoms with Crippen LogP contribution in [0.3, 0.4) is 0 Å². The van der Waals surface area contributed by atoms with Crippen molar-refractivity contribution in [2.45, 2.75) is 13.5 Å². The van der Waals surface area contributed by atoms with E-state index in [9.17, 15) is 9.18 Å². The Balaban J connectivity index is 2.10. The molecule has 0 spiro atoms. The average Bonchev–Trinajstić information content (AvgIpc) is 2.90. The lowest BCUT2D eigenvalue weighted by molar-refractivity contribution is 0.152. The van der Waals surface area contributed by atoms with Gasteiger partial charge in [-0.1, -0.05) is 22.8 Å². The highest BCUT2D eigenvalue weighted by atomic mass is 35.5. The number of rotatable bonds is 6. The molecule has 0 bridgehead atoms. The molecule has 0 saturated carbocycles. The van der Waals surface area contributed by atoms with Crippen molar-refractivity contribution < 1.29 is 18.4 Å². The standard InChI is InChI=1S/C15H17ClFN3O3/c1-10-7-14(23-19-10)18-15(21)20(5-6-22-2)9-11-3-4-12(17)8-13(11)16/h3-4,7-8H,5-6,9H2,1-2H3,(H,18,21). The highest BCUT2D eigenvalue weighted by molar-refractivity contribution is 6.31. The minimum absolute atomic E-state index is 0.210. The zero-order chi connectivity index (χ0) is 16.8. The topological polar surface area (TPSA) is 67.6 Å². The average molecular weight is 342 g/mol. The van der Waals surface area contributed by atoms with Gasteiger partial charge in [-0.05, 0) is 24.6 Å². The third kappa shape index (κ3) is 4.94. The fourth-order valence-electron chi connectivity index (χ4n) is 1.92. The number of anilines is 1.